The van der Waals surface area contributed by atoms with Crippen molar-refractivity contribution in [2.75, 3.05) is 18.4 Å². The fourth-order valence-electron chi connectivity index (χ4n) is 2.28. The van der Waals surface area contributed by atoms with Crippen LogP contribution in [0.3, 0.4) is 0 Å². The first kappa shape index (κ1) is 12.8. The van der Waals surface area contributed by atoms with Gasteiger partial charge in [0.2, 0.25) is 5.91 Å². The van der Waals surface area contributed by atoms with Gasteiger partial charge in [-0.15, -0.1) is 0 Å². The smallest absolute Gasteiger partial charge is 0.248 e. The first-order chi connectivity index (χ1) is 8.65. The number of carbonyl (C=O) groups excluding carboxylic acids is 1. The van der Waals surface area contributed by atoms with E-state index in [1.165, 1.54) is 12.8 Å². The summed E-state index contributed by atoms with van der Waals surface area (Å²) >= 11 is 0. The van der Waals surface area contributed by atoms with Gasteiger partial charge < -0.3 is 16.4 Å². The summed E-state index contributed by atoms with van der Waals surface area (Å²) in [5, 5.41) is 6.70. The third-order valence-corrected chi connectivity index (χ3v) is 3.20. The Morgan fingerprint density at radius 1 is 1.61 bits per heavy atom. The van der Waals surface area contributed by atoms with Crippen LogP contribution < -0.4 is 16.4 Å². The van der Waals surface area contributed by atoms with Crippen molar-refractivity contribution in [2.45, 2.75) is 32.2 Å². The van der Waals surface area contributed by atoms with Gasteiger partial charge in [0.1, 0.15) is 5.82 Å². The molecule has 0 spiro atoms. The lowest BCUT2D eigenvalue weighted by Gasteiger charge is -2.12. The van der Waals surface area contributed by atoms with Gasteiger partial charge in [-0.3, -0.25) is 4.79 Å². The van der Waals surface area contributed by atoms with Crippen LogP contribution in [0.15, 0.2) is 12.1 Å². The van der Waals surface area contributed by atoms with Gasteiger partial charge in [0, 0.05) is 23.8 Å². The van der Waals surface area contributed by atoms with E-state index in [2.05, 4.69) is 15.6 Å². The van der Waals surface area contributed by atoms with Crippen molar-refractivity contribution in [2.24, 2.45) is 5.73 Å². The minimum atomic E-state index is -0.416. The lowest BCUT2D eigenvalue weighted by Crippen LogP contribution is -2.24. The number of hydrogen-bond acceptors (Lipinski definition) is 4. The molecule has 0 bridgehead atoms. The van der Waals surface area contributed by atoms with Gasteiger partial charge in [-0.1, -0.05) is 0 Å². The topological polar surface area (TPSA) is 80.0 Å². The van der Waals surface area contributed by atoms with Gasteiger partial charge in [0.15, 0.2) is 0 Å². The molecule has 5 nitrogen and oxygen atoms in total. The predicted molar refractivity (Wildman–Crippen MR) is 71.6 cm³/mol. The average Bonchev–Trinajstić information content (AvgIpc) is 2.81. The molecule has 4 N–H and O–H groups in total. The third-order valence-electron chi connectivity index (χ3n) is 3.20. The highest BCUT2D eigenvalue weighted by Crippen LogP contribution is 2.12. The van der Waals surface area contributed by atoms with Gasteiger partial charge in [0.05, 0.1) is 0 Å². The highest BCUT2D eigenvalue weighted by Gasteiger charge is 2.13. The zero-order chi connectivity index (χ0) is 13.0. The molecule has 0 aliphatic carbocycles. The van der Waals surface area contributed by atoms with Crippen LogP contribution in [0.2, 0.25) is 0 Å². The Morgan fingerprint density at radius 2 is 2.44 bits per heavy atom. The molecule has 2 heterocycles. The maximum atomic E-state index is 11.1. The Bertz CT molecular complexity index is 427. The highest BCUT2D eigenvalue weighted by atomic mass is 16.1. The molecule has 1 aromatic rings. The van der Waals surface area contributed by atoms with Gasteiger partial charge >= 0.3 is 0 Å². The van der Waals surface area contributed by atoms with Crippen LogP contribution in [0.25, 0.3) is 0 Å². The average molecular weight is 248 g/mol. The predicted octanol–water partition coefficient (Wildman–Crippen LogP) is 1.04. The number of amides is 1. The van der Waals surface area contributed by atoms with Crippen molar-refractivity contribution < 1.29 is 4.79 Å². The van der Waals surface area contributed by atoms with Crippen molar-refractivity contribution >= 4 is 11.7 Å². The number of aryl methyl sites for hydroxylation is 1. The molecule has 1 aliphatic rings. The third kappa shape index (κ3) is 3.43. The fraction of sp³-hybridized carbons (Fsp3) is 0.538. The number of nitrogens with one attached hydrogen (secondary N) is 2. The van der Waals surface area contributed by atoms with Crippen LogP contribution in [0.5, 0.6) is 0 Å². The second-order valence-corrected chi connectivity index (χ2v) is 4.76. The Morgan fingerprint density at radius 3 is 3.11 bits per heavy atom. The monoisotopic (exact) mass is 248 g/mol. The summed E-state index contributed by atoms with van der Waals surface area (Å²) in [6, 6.07) is 4.02. The molecule has 18 heavy (non-hydrogen) atoms. The van der Waals surface area contributed by atoms with Crippen molar-refractivity contribution in [1.29, 1.82) is 0 Å². The number of nitrogens with two attached hydrogens (primary N) is 1. The van der Waals surface area contributed by atoms with E-state index in [-0.39, 0.29) is 0 Å². The standard InChI is InChI=1S/C13H20N4O/c1-9-7-10(13(14)18)8-12(17-9)16-6-4-11-3-2-5-15-11/h7-8,11,15H,2-6H2,1H3,(H2,14,18)(H,16,17). The maximum absolute atomic E-state index is 11.1. The number of primary amides is 1. The number of anilines is 1. The SMILES string of the molecule is Cc1cc(C(N)=O)cc(NCCC2CCCN2)n1. The molecule has 1 unspecified atom stereocenters. The van der Waals surface area contributed by atoms with Gasteiger partial charge in [-0.25, -0.2) is 4.98 Å². The molecule has 1 fully saturated rings. The minimum Gasteiger partial charge on any atom is -0.370 e. The summed E-state index contributed by atoms with van der Waals surface area (Å²) in [4.78, 5) is 15.5. The van der Waals surface area contributed by atoms with E-state index in [0.29, 0.717) is 11.6 Å². The number of carbonyl (C=O) groups is 1. The molecule has 0 aromatic carbocycles. The quantitative estimate of drug-likeness (QED) is 0.727. The zero-order valence-electron chi connectivity index (χ0n) is 10.7. The Hall–Kier alpha value is -1.62. The van der Waals surface area contributed by atoms with E-state index < -0.39 is 5.91 Å². The fourth-order valence-corrected chi connectivity index (χ4v) is 2.28. The Labute approximate surface area is 107 Å². The number of aromatic nitrogens is 1. The second-order valence-electron chi connectivity index (χ2n) is 4.76. The van der Waals surface area contributed by atoms with E-state index in [9.17, 15) is 4.79 Å². The molecular formula is C13H20N4O. The van der Waals surface area contributed by atoms with Crippen LogP contribution in [0, 0.1) is 6.92 Å². The minimum absolute atomic E-state index is 0.416. The van der Waals surface area contributed by atoms with Gasteiger partial charge in [0.25, 0.3) is 0 Å². The number of rotatable bonds is 5. The van der Waals surface area contributed by atoms with Crippen LogP contribution in [-0.4, -0.2) is 30.0 Å². The largest absolute Gasteiger partial charge is 0.370 e. The summed E-state index contributed by atoms with van der Waals surface area (Å²) in [6.45, 7) is 3.83. The van der Waals surface area contributed by atoms with Crippen LogP contribution in [-0.2, 0) is 0 Å². The molecule has 1 aliphatic heterocycles. The Balaban J connectivity index is 1.89. The Kier molecular flexibility index (Phi) is 4.15. The van der Waals surface area contributed by atoms with Crippen LogP contribution in [0.4, 0.5) is 5.82 Å². The summed E-state index contributed by atoms with van der Waals surface area (Å²) in [5.41, 5.74) is 6.58. The molecule has 0 saturated carbocycles. The highest BCUT2D eigenvalue weighted by molar-refractivity contribution is 5.93. The van der Waals surface area contributed by atoms with Gasteiger partial charge in [-0.05, 0) is 44.9 Å². The summed E-state index contributed by atoms with van der Waals surface area (Å²) < 4.78 is 0. The summed E-state index contributed by atoms with van der Waals surface area (Å²) in [5.74, 6) is 0.308. The number of pyridine rings is 1. The van der Waals surface area contributed by atoms with Crippen molar-refractivity contribution in [3.05, 3.63) is 23.4 Å². The molecule has 0 radical (unpaired) electrons. The van der Waals surface area contributed by atoms with Crippen LogP contribution >= 0.6 is 0 Å². The molecule has 1 atom stereocenters. The normalized spacial score (nSPS) is 18.8. The first-order valence-electron chi connectivity index (χ1n) is 6.41. The second kappa shape index (κ2) is 5.82. The van der Waals surface area contributed by atoms with E-state index in [1.807, 2.05) is 6.92 Å². The molecule has 5 heteroatoms. The molecule has 2 rings (SSSR count). The van der Waals surface area contributed by atoms with Crippen molar-refractivity contribution in [3.8, 4) is 0 Å². The lowest BCUT2D eigenvalue weighted by atomic mass is 10.1. The maximum Gasteiger partial charge on any atom is 0.248 e. The molecular weight excluding hydrogens is 228 g/mol. The van der Waals surface area contributed by atoms with Gasteiger partial charge in [-0.2, -0.15) is 0 Å². The summed E-state index contributed by atoms with van der Waals surface area (Å²) in [6.07, 6.45) is 3.58. The number of hydrogen-bond donors (Lipinski definition) is 3. The summed E-state index contributed by atoms with van der Waals surface area (Å²) in [7, 11) is 0. The number of nitrogens with zero attached hydrogens (tertiary/aromatic N) is 1. The lowest BCUT2D eigenvalue weighted by molar-refractivity contribution is 0.1000. The van der Waals surface area contributed by atoms with E-state index in [0.717, 1.165) is 31.0 Å². The van der Waals surface area contributed by atoms with Crippen molar-refractivity contribution in [1.82, 2.24) is 10.3 Å². The van der Waals surface area contributed by atoms with E-state index >= 15 is 0 Å². The molecule has 1 aromatic heterocycles. The zero-order valence-corrected chi connectivity index (χ0v) is 10.7. The van der Waals surface area contributed by atoms with Crippen molar-refractivity contribution in [3.63, 3.8) is 0 Å². The molecule has 98 valence electrons. The van der Waals surface area contributed by atoms with E-state index in [1.54, 1.807) is 12.1 Å². The molecule has 1 saturated heterocycles. The first-order valence-corrected chi connectivity index (χ1v) is 6.41. The molecule has 1 amide bonds. The van der Waals surface area contributed by atoms with E-state index in [4.69, 9.17) is 5.73 Å². The van der Waals surface area contributed by atoms with Crippen LogP contribution in [0.1, 0.15) is 35.3 Å².